The Bertz CT molecular complexity index is 612. The van der Waals surface area contributed by atoms with Gasteiger partial charge in [0.1, 0.15) is 0 Å². The van der Waals surface area contributed by atoms with Crippen LogP contribution in [0.4, 0.5) is 5.69 Å². The van der Waals surface area contributed by atoms with Crippen LogP contribution >= 0.6 is 11.6 Å². The third-order valence-corrected chi connectivity index (χ3v) is 4.32. The standard InChI is InChI=1S/C18H21ClN2/c1-13(2)20-10-16-17(19)8-5-9-18(16)21-11-14-6-3-4-7-15(14)12-21/h3-9,13,20H,10-12H2,1-2H3. The number of nitrogens with one attached hydrogen (secondary N) is 1. The van der Waals surface area contributed by atoms with Crippen LogP contribution in [0.1, 0.15) is 30.5 Å². The Balaban J connectivity index is 1.88. The summed E-state index contributed by atoms with van der Waals surface area (Å²) in [6.45, 7) is 7.04. The van der Waals surface area contributed by atoms with Crippen molar-refractivity contribution in [1.29, 1.82) is 0 Å². The lowest BCUT2D eigenvalue weighted by Gasteiger charge is -2.23. The first-order valence-electron chi connectivity index (χ1n) is 7.47. The van der Waals surface area contributed by atoms with Crippen LogP contribution in [-0.2, 0) is 19.6 Å². The zero-order valence-electron chi connectivity index (χ0n) is 12.6. The lowest BCUT2D eigenvalue weighted by Crippen LogP contribution is -2.24. The molecule has 21 heavy (non-hydrogen) atoms. The summed E-state index contributed by atoms with van der Waals surface area (Å²) in [5.41, 5.74) is 5.27. The van der Waals surface area contributed by atoms with Crippen LogP contribution in [0.5, 0.6) is 0 Å². The summed E-state index contributed by atoms with van der Waals surface area (Å²) in [6, 6.07) is 15.3. The van der Waals surface area contributed by atoms with Gasteiger partial charge in [0.25, 0.3) is 0 Å². The van der Waals surface area contributed by atoms with Gasteiger partial charge in [0.2, 0.25) is 0 Å². The van der Waals surface area contributed by atoms with Crippen molar-refractivity contribution in [2.75, 3.05) is 4.90 Å². The van der Waals surface area contributed by atoms with Crippen molar-refractivity contribution >= 4 is 17.3 Å². The highest BCUT2D eigenvalue weighted by Gasteiger charge is 2.21. The minimum absolute atomic E-state index is 0.449. The molecule has 0 aliphatic carbocycles. The van der Waals surface area contributed by atoms with Crippen molar-refractivity contribution in [3.63, 3.8) is 0 Å². The van der Waals surface area contributed by atoms with Gasteiger partial charge in [-0.3, -0.25) is 0 Å². The summed E-state index contributed by atoms with van der Waals surface area (Å²) in [7, 11) is 0. The van der Waals surface area contributed by atoms with Gasteiger partial charge in [-0.15, -0.1) is 0 Å². The monoisotopic (exact) mass is 300 g/mol. The van der Waals surface area contributed by atoms with Gasteiger partial charge in [0.15, 0.2) is 0 Å². The van der Waals surface area contributed by atoms with E-state index in [0.29, 0.717) is 6.04 Å². The molecule has 2 aromatic carbocycles. The molecule has 0 aromatic heterocycles. The Kier molecular flexibility index (Phi) is 4.18. The zero-order chi connectivity index (χ0) is 14.8. The molecule has 0 amide bonds. The van der Waals surface area contributed by atoms with Gasteiger partial charge in [-0.25, -0.2) is 0 Å². The van der Waals surface area contributed by atoms with Crippen LogP contribution in [0.2, 0.25) is 5.02 Å². The minimum atomic E-state index is 0.449. The first-order valence-corrected chi connectivity index (χ1v) is 7.85. The normalized spacial score (nSPS) is 13.8. The predicted octanol–water partition coefficient (Wildman–Crippen LogP) is 4.36. The highest BCUT2D eigenvalue weighted by Crippen LogP contribution is 2.33. The van der Waals surface area contributed by atoms with Gasteiger partial charge in [-0.1, -0.05) is 55.8 Å². The maximum absolute atomic E-state index is 6.44. The highest BCUT2D eigenvalue weighted by atomic mass is 35.5. The second-order valence-corrected chi connectivity index (χ2v) is 6.31. The van der Waals surface area contributed by atoms with Crippen molar-refractivity contribution in [1.82, 2.24) is 5.32 Å². The maximum atomic E-state index is 6.44. The van der Waals surface area contributed by atoms with Gasteiger partial charge in [-0.2, -0.15) is 0 Å². The topological polar surface area (TPSA) is 15.3 Å². The van der Waals surface area contributed by atoms with Gasteiger partial charge in [-0.05, 0) is 23.3 Å². The SMILES string of the molecule is CC(C)NCc1c(Cl)cccc1N1Cc2ccccc2C1. The second-order valence-electron chi connectivity index (χ2n) is 5.90. The van der Waals surface area contributed by atoms with E-state index in [9.17, 15) is 0 Å². The van der Waals surface area contributed by atoms with E-state index in [0.717, 1.165) is 24.7 Å². The molecular weight excluding hydrogens is 280 g/mol. The number of fused-ring (bicyclic) bond motifs is 1. The Labute approximate surface area is 131 Å². The Morgan fingerprint density at radius 3 is 2.33 bits per heavy atom. The van der Waals surface area contributed by atoms with Crippen molar-refractivity contribution in [2.45, 2.75) is 39.5 Å². The van der Waals surface area contributed by atoms with E-state index in [1.54, 1.807) is 0 Å². The van der Waals surface area contributed by atoms with E-state index in [2.05, 4.69) is 54.4 Å². The number of benzene rings is 2. The molecule has 1 N–H and O–H groups in total. The zero-order valence-corrected chi connectivity index (χ0v) is 13.3. The molecule has 0 saturated heterocycles. The average Bonchev–Trinajstić information content (AvgIpc) is 2.89. The Morgan fingerprint density at radius 2 is 1.71 bits per heavy atom. The molecule has 3 rings (SSSR count). The van der Waals surface area contributed by atoms with Gasteiger partial charge < -0.3 is 10.2 Å². The number of nitrogens with zero attached hydrogens (tertiary/aromatic N) is 1. The molecule has 3 heteroatoms. The Hall–Kier alpha value is -1.51. The molecule has 0 bridgehead atoms. The number of hydrogen-bond donors (Lipinski definition) is 1. The van der Waals surface area contributed by atoms with E-state index in [-0.39, 0.29) is 0 Å². The summed E-state index contributed by atoms with van der Waals surface area (Å²) in [4.78, 5) is 2.41. The molecule has 2 aromatic rings. The van der Waals surface area contributed by atoms with Crippen molar-refractivity contribution in [2.24, 2.45) is 0 Å². The van der Waals surface area contributed by atoms with Crippen LogP contribution in [0.15, 0.2) is 42.5 Å². The molecule has 0 saturated carbocycles. The van der Waals surface area contributed by atoms with Crippen LogP contribution in [0, 0.1) is 0 Å². The average molecular weight is 301 g/mol. The molecule has 0 spiro atoms. The second kappa shape index (κ2) is 6.08. The quantitative estimate of drug-likeness (QED) is 0.902. The summed E-state index contributed by atoms with van der Waals surface area (Å²) in [5.74, 6) is 0. The largest absolute Gasteiger partial charge is 0.363 e. The van der Waals surface area contributed by atoms with Gasteiger partial charge >= 0.3 is 0 Å². The van der Waals surface area contributed by atoms with Crippen molar-refractivity contribution < 1.29 is 0 Å². The molecule has 0 atom stereocenters. The smallest absolute Gasteiger partial charge is 0.0471 e. The van der Waals surface area contributed by atoms with E-state index in [1.165, 1.54) is 22.4 Å². The lowest BCUT2D eigenvalue weighted by molar-refractivity contribution is 0.588. The third-order valence-electron chi connectivity index (χ3n) is 3.96. The summed E-state index contributed by atoms with van der Waals surface area (Å²) < 4.78 is 0. The van der Waals surface area contributed by atoms with E-state index in [4.69, 9.17) is 11.6 Å². The molecular formula is C18H21ClN2. The van der Waals surface area contributed by atoms with Crippen molar-refractivity contribution in [3.05, 3.63) is 64.2 Å². The molecule has 1 heterocycles. The van der Waals surface area contributed by atoms with Crippen LogP contribution in [-0.4, -0.2) is 6.04 Å². The molecule has 2 nitrogen and oxygen atoms in total. The van der Waals surface area contributed by atoms with E-state index in [1.807, 2.05) is 12.1 Å². The summed E-state index contributed by atoms with van der Waals surface area (Å²) in [6.07, 6.45) is 0. The molecule has 0 fully saturated rings. The Morgan fingerprint density at radius 1 is 1.05 bits per heavy atom. The fourth-order valence-corrected chi connectivity index (χ4v) is 3.06. The molecule has 1 aliphatic heterocycles. The van der Waals surface area contributed by atoms with Crippen LogP contribution in [0.25, 0.3) is 0 Å². The van der Waals surface area contributed by atoms with Crippen molar-refractivity contribution in [3.8, 4) is 0 Å². The maximum Gasteiger partial charge on any atom is 0.0471 e. The predicted molar refractivity (Wildman–Crippen MR) is 89.8 cm³/mol. The number of rotatable bonds is 4. The third kappa shape index (κ3) is 3.07. The fraction of sp³-hybridized carbons (Fsp3) is 0.333. The number of hydrogen-bond acceptors (Lipinski definition) is 2. The number of anilines is 1. The molecule has 0 radical (unpaired) electrons. The lowest BCUT2D eigenvalue weighted by atomic mass is 10.1. The van der Waals surface area contributed by atoms with Crippen LogP contribution in [0.3, 0.4) is 0 Å². The van der Waals surface area contributed by atoms with E-state index >= 15 is 0 Å². The van der Waals surface area contributed by atoms with Gasteiger partial charge in [0.05, 0.1) is 0 Å². The molecule has 1 aliphatic rings. The molecule has 0 unspecified atom stereocenters. The fourth-order valence-electron chi connectivity index (χ4n) is 2.83. The molecule has 110 valence electrons. The van der Waals surface area contributed by atoms with E-state index < -0.39 is 0 Å². The van der Waals surface area contributed by atoms with Crippen LogP contribution < -0.4 is 10.2 Å². The first kappa shape index (κ1) is 14.4. The van der Waals surface area contributed by atoms with Gasteiger partial charge in [0, 0.05) is 41.9 Å². The number of halogens is 1. The highest BCUT2D eigenvalue weighted by molar-refractivity contribution is 6.31. The summed E-state index contributed by atoms with van der Waals surface area (Å²) in [5, 5.41) is 4.32. The summed E-state index contributed by atoms with van der Waals surface area (Å²) >= 11 is 6.44. The minimum Gasteiger partial charge on any atom is -0.363 e. The first-order chi connectivity index (χ1) is 10.1.